The number of para-hydroxylation sites is 1. The summed E-state index contributed by atoms with van der Waals surface area (Å²) in [5.74, 6) is 0.610. The molecule has 0 heterocycles. The van der Waals surface area contributed by atoms with E-state index in [4.69, 9.17) is 10.5 Å². The van der Waals surface area contributed by atoms with Gasteiger partial charge in [0, 0.05) is 24.4 Å². The molecule has 0 aromatic heterocycles. The monoisotopic (exact) mass is 367 g/mol. The molecule has 136 valence electrons. The highest BCUT2D eigenvalue weighted by Gasteiger charge is 2.16. The van der Waals surface area contributed by atoms with Gasteiger partial charge in [0.25, 0.3) is 5.69 Å². The number of anilines is 1. The predicted octanol–water partition coefficient (Wildman–Crippen LogP) is 2.93. The van der Waals surface area contributed by atoms with E-state index in [0.717, 1.165) is 0 Å². The number of halogens is 1. The molecule has 8 heteroatoms. The summed E-state index contributed by atoms with van der Waals surface area (Å²) in [5, 5.41) is 23.8. The number of nitro benzene ring substituents is 1. The molecule has 0 spiro atoms. The highest BCUT2D eigenvalue weighted by Crippen LogP contribution is 2.17. The van der Waals surface area contributed by atoms with Gasteiger partial charge in [-0.25, -0.2) is 0 Å². The van der Waals surface area contributed by atoms with Crippen LogP contribution in [0.15, 0.2) is 54.6 Å². The molecule has 0 aliphatic carbocycles. The molecule has 25 heavy (non-hydrogen) atoms. The normalized spacial score (nSPS) is 12.6. The number of hydrogen-bond donors (Lipinski definition) is 3. The molecule has 0 aliphatic heterocycles. The van der Waals surface area contributed by atoms with Gasteiger partial charge < -0.3 is 15.2 Å². The van der Waals surface area contributed by atoms with E-state index >= 15 is 0 Å². The minimum atomic E-state index is -0.801. The van der Waals surface area contributed by atoms with Crippen molar-refractivity contribution in [3.63, 3.8) is 0 Å². The van der Waals surface area contributed by atoms with Crippen LogP contribution in [0.25, 0.3) is 0 Å². The van der Waals surface area contributed by atoms with Crippen LogP contribution in [0.1, 0.15) is 12.8 Å². The van der Waals surface area contributed by atoms with Crippen LogP contribution in [-0.2, 0) is 0 Å². The molecule has 0 amide bonds. The van der Waals surface area contributed by atoms with Crippen molar-refractivity contribution < 1.29 is 14.8 Å². The number of benzene rings is 2. The molecule has 0 radical (unpaired) electrons. The third kappa shape index (κ3) is 6.96. The van der Waals surface area contributed by atoms with Gasteiger partial charge >= 0.3 is 0 Å². The third-order valence-corrected chi connectivity index (χ3v) is 3.46. The quantitative estimate of drug-likeness (QED) is 0.272. The summed E-state index contributed by atoms with van der Waals surface area (Å²) in [7, 11) is 0. The molecule has 0 fully saturated rings. The average Bonchev–Trinajstić information content (AvgIpc) is 2.59. The second-order valence-electron chi connectivity index (χ2n) is 5.34. The van der Waals surface area contributed by atoms with Gasteiger partial charge in [-0.1, -0.05) is 24.3 Å². The van der Waals surface area contributed by atoms with E-state index in [-0.39, 0.29) is 18.1 Å². The zero-order valence-electron chi connectivity index (χ0n) is 13.6. The fraction of sp³-hybridized carbons (Fsp3) is 0.294. The topological polar surface area (TPSA) is 111 Å². The second kappa shape index (κ2) is 10.5. The van der Waals surface area contributed by atoms with Crippen molar-refractivity contribution in [2.24, 2.45) is 5.73 Å². The molecule has 0 bridgehead atoms. The molecule has 2 aromatic rings. The molecule has 2 aromatic carbocycles. The van der Waals surface area contributed by atoms with Crippen molar-refractivity contribution in [3.8, 4) is 5.75 Å². The lowest BCUT2D eigenvalue weighted by Crippen LogP contribution is -2.40. The Hall–Kier alpha value is -2.35. The lowest BCUT2D eigenvalue weighted by Gasteiger charge is -2.20. The summed E-state index contributed by atoms with van der Waals surface area (Å²) in [5.41, 5.74) is 6.54. The van der Waals surface area contributed by atoms with E-state index in [1.165, 1.54) is 12.1 Å². The number of non-ortho nitro benzene ring substituents is 1. The second-order valence-corrected chi connectivity index (χ2v) is 5.34. The first-order valence-electron chi connectivity index (χ1n) is 7.70. The van der Waals surface area contributed by atoms with E-state index in [0.29, 0.717) is 30.8 Å². The van der Waals surface area contributed by atoms with Gasteiger partial charge in [0.2, 0.25) is 0 Å². The summed E-state index contributed by atoms with van der Waals surface area (Å²) in [4.78, 5) is 10.3. The maximum atomic E-state index is 10.7. The van der Waals surface area contributed by atoms with Gasteiger partial charge in [0.05, 0.1) is 4.92 Å². The van der Waals surface area contributed by atoms with Crippen LogP contribution in [0.3, 0.4) is 0 Å². The molecular weight excluding hydrogens is 346 g/mol. The number of nitro groups is 1. The number of rotatable bonds is 9. The van der Waals surface area contributed by atoms with Gasteiger partial charge in [-0.05, 0) is 31.0 Å². The summed E-state index contributed by atoms with van der Waals surface area (Å²) in [6.45, 7) is 0.566. The molecule has 0 aliphatic rings. The molecule has 0 saturated heterocycles. The summed E-state index contributed by atoms with van der Waals surface area (Å²) in [6, 6.07) is 15.4. The standard InChI is InChI=1S/C17H21N3O4.ClH/c18-17(24-15-8-2-1-3-9-15)16(21)10-5-11-19-13-6-4-7-14(12-13)20(22)23;/h1-4,6-9,12,16-17,19,21H,5,10-11,18H2;1H. The van der Waals surface area contributed by atoms with Crippen molar-refractivity contribution in [1.29, 1.82) is 0 Å². The van der Waals surface area contributed by atoms with Crippen LogP contribution in [-0.4, -0.2) is 28.9 Å². The highest BCUT2D eigenvalue weighted by atomic mass is 35.5. The lowest BCUT2D eigenvalue weighted by atomic mass is 10.1. The van der Waals surface area contributed by atoms with E-state index in [2.05, 4.69) is 5.32 Å². The maximum Gasteiger partial charge on any atom is 0.271 e. The van der Waals surface area contributed by atoms with Crippen molar-refractivity contribution in [2.75, 3.05) is 11.9 Å². The first-order chi connectivity index (χ1) is 11.6. The number of hydrogen-bond acceptors (Lipinski definition) is 6. The molecule has 2 atom stereocenters. The summed E-state index contributed by atoms with van der Waals surface area (Å²) in [6.07, 6.45) is -0.492. The SMILES string of the molecule is Cl.NC(Oc1ccccc1)C(O)CCCNc1cccc([N+](=O)[O-])c1. The van der Waals surface area contributed by atoms with Crippen molar-refractivity contribution >= 4 is 23.8 Å². The minimum Gasteiger partial charge on any atom is -0.473 e. The van der Waals surface area contributed by atoms with Gasteiger partial charge in [-0.2, -0.15) is 0 Å². The van der Waals surface area contributed by atoms with Crippen molar-refractivity contribution in [2.45, 2.75) is 25.2 Å². The Labute approximate surface area is 152 Å². The first kappa shape index (κ1) is 20.7. The number of nitrogens with two attached hydrogens (primary N) is 1. The zero-order valence-corrected chi connectivity index (χ0v) is 14.4. The lowest BCUT2D eigenvalue weighted by molar-refractivity contribution is -0.384. The van der Waals surface area contributed by atoms with E-state index in [1.807, 2.05) is 18.2 Å². The van der Waals surface area contributed by atoms with Crippen LogP contribution < -0.4 is 15.8 Å². The van der Waals surface area contributed by atoms with Crippen LogP contribution in [0.5, 0.6) is 5.75 Å². The maximum absolute atomic E-state index is 10.7. The summed E-state index contributed by atoms with van der Waals surface area (Å²) < 4.78 is 5.47. The Bertz CT molecular complexity index is 657. The third-order valence-electron chi connectivity index (χ3n) is 3.46. The molecule has 4 N–H and O–H groups in total. The fourth-order valence-corrected chi connectivity index (χ4v) is 2.17. The van der Waals surface area contributed by atoms with Crippen molar-refractivity contribution in [3.05, 3.63) is 64.7 Å². The van der Waals surface area contributed by atoms with Gasteiger partial charge in [-0.15, -0.1) is 12.4 Å². The molecule has 2 rings (SSSR count). The van der Waals surface area contributed by atoms with Crippen molar-refractivity contribution in [1.82, 2.24) is 0 Å². The van der Waals surface area contributed by atoms with E-state index in [1.54, 1.807) is 24.3 Å². The van der Waals surface area contributed by atoms with Crippen LogP contribution in [0.2, 0.25) is 0 Å². The van der Waals surface area contributed by atoms with E-state index in [9.17, 15) is 15.2 Å². The number of ether oxygens (including phenoxy) is 1. The fourth-order valence-electron chi connectivity index (χ4n) is 2.17. The Morgan fingerprint density at radius 2 is 1.92 bits per heavy atom. The number of aliphatic hydroxyl groups is 1. The minimum absolute atomic E-state index is 0. The Morgan fingerprint density at radius 1 is 1.20 bits per heavy atom. The molecule has 7 nitrogen and oxygen atoms in total. The van der Waals surface area contributed by atoms with Gasteiger partial charge in [0.1, 0.15) is 11.9 Å². The highest BCUT2D eigenvalue weighted by molar-refractivity contribution is 5.85. The molecular formula is C17H22ClN3O4. The predicted molar refractivity (Wildman–Crippen MR) is 99.1 cm³/mol. The van der Waals surface area contributed by atoms with Crippen LogP contribution in [0, 0.1) is 10.1 Å². The smallest absolute Gasteiger partial charge is 0.271 e. The number of aliphatic hydroxyl groups excluding tert-OH is 1. The Balaban J connectivity index is 0.00000312. The zero-order chi connectivity index (χ0) is 17.4. The first-order valence-corrected chi connectivity index (χ1v) is 7.70. The molecule has 2 unspecified atom stereocenters. The number of nitrogens with zero attached hydrogens (tertiary/aromatic N) is 1. The largest absolute Gasteiger partial charge is 0.473 e. The summed E-state index contributed by atoms with van der Waals surface area (Å²) >= 11 is 0. The van der Waals surface area contributed by atoms with Gasteiger partial charge in [0.15, 0.2) is 6.23 Å². The Morgan fingerprint density at radius 3 is 2.60 bits per heavy atom. The van der Waals surface area contributed by atoms with Crippen LogP contribution >= 0.6 is 12.4 Å². The Kier molecular flexibility index (Phi) is 8.69. The van der Waals surface area contributed by atoms with Crippen LogP contribution in [0.4, 0.5) is 11.4 Å². The van der Waals surface area contributed by atoms with E-state index < -0.39 is 17.3 Å². The average molecular weight is 368 g/mol. The van der Waals surface area contributed by atoms with Gasteiger partial charge in [-0.3, -0.25) is 15.8 Å². The molecule has 0 saturated carbocycles. The number of nitrogens with one attached hydrogen (secondary N) is 1.